The summed E-state index contributed by atoms with van der Waals surface area (Å²) >= 11 is 0. The number of rotatable bonds is 6. The SMILES string of the molecule is CCn1cc(CC(O)C(OC)C2CC2)cn1. The molecular formula is C12H20N2O2. The van der Waals surface area contributed by atoms with E-state index in [2.05, 4.69) is 12.0 Å². The number of methoxy groups -OCH3 is 1. The first-order valence-corrected chi connectivity index (χ1v) is 5.96. The second-order valence-electron chi connectivity index (χ2n) is 4.51. The van der Waals surface area contributed by atoms with Crippen LogP contribution in [0.3, 0.4) is 0 Å². The molecule has 1 aromatic heterocycles. The van der Waals surface area contributed by atoms with E-state index in [9.17, 15) is 5.11 Å². The van der Waals surface area contributed by atoms with Crippen molar-refractivity contribution in [2.45, 2.75) is 44.9 Å². The Balaban J connectivity index is 1.92. The van der Waals surface area contributed by atoms with Gasteiger partial charge in [0.25, 0.3) is 0 Å². The van der Waals surface area contributed by atoms with E-state index >= 15 is 0 Å². The minimum Gasteiger partial charge on any atom is -0.390 e. The van der Waals surface area contributed by atoms with Crippen LogP contribution < -0.4 is 0 Å². The molecule has 2 unspecified atom stereocenters. The largest absolute Gasteiger partial charge is 0.390 e. The lowest BCUT2D eigenvalue weighted by Gasteiger charge is -2.20. The fourth-order valence-electron chi connectivity index (χ4n) is 2.13. The van der Waals surface area contributed by atoms with E-state index < -0.39 is 6.10 Å². The van der Waals surface area contributed by atoms with E-state index in [1.165, 1.54) is 12.8 Å². The summed E-state index contributed by atoms with van der Waals surface area (Å²) in [6, 6.07) is 0. The van der Waals surface area contributed by atoms with Crippen LogP contribution in [0, 0.1) is 5.92 Å². The Bertz CT molecular complexity index is 334. The first-order valence-electron chi connectivity index (χ1n) is 5.96. The summed E-state index contributed by atoms with van der Waals surface area (Å²) in [7, 11) is 1.68. The molecule has 1 aromatic rings. The molecule has 1 heterocycles. The topological polar surface area (TPSA) is 47.3 Å². The van der Waals surface area contributed by atoms with E-state index in [-0.39, 0.29) is 6.10 Å². The molecule has 1 fully saturated rings. The maximum absolute atomic E-state index is 10.1. The Morgan fingerprint density at radius 2 is 2.38 bits per heavy atom. The number of nitrogens with zero attached hydrogens (tertiary/aromatic N) is 2. The van der Waals surface area contributed by atoms with Crippen molar-refractivity contribution in [3.8, 4) is 0 Å². The predicted molar refractivity (Wildman–Crippen MR) is 61.1 cm³/mol. The molecule has 0 radical (unpaired) electrons. The number of hydrogen-bond donors (Lipinski definition) is 1. The van der Waals surface area contributed by atoms with Gasteiger partial charge >= 0.3 is 0 Å². The zero-order valence-electron chi connectivity index (χ0n) is 9.97. The molecule has 2 rings (SSSR count). The Kier molecular flexibility index (Phi) is 3.61. The zero-order valence-corrected chi connectivity index (χ0v) is 9.97. The van der Waals surface area contributed by atoms with Crippen molar-refractivity contribution in [2.24, 2.45) is 5.92 Å². The summed E-state index contributed by atoms with van der Waals surface area (Å²) in [4.78, 5) is 0. The van der Waals surface area contributed by atoms with Crippen LogP contribution in [0.15, 0.2) is 12.4 Å². The van der Waals surface area contributed by atoms with Crippen LogP contribution in [0.4, 0.5) is 0 Å². The highest BCUT2D eigenvalue weighted by Crippen LogP contribution is 2.36. The molecule has 1 N–H and O–H groups in total. The van der Waals surface area contributed by atoms with Crippen molar-refractivity contribution in [1.29, 1.82) is 0 Å². The highest BCUT2D eigenvalue weighted by atomic mass is 16.5. The first-order chi connectivity index (χ1) is 7.74. The summed E-state index contributed by atoms with van der Waals surface area (Å²) in [5, 5.41) is 14.3. The van der Waals surface area contributed by atoms with Gasteiger partial charge in [-0.2, -0.15) is 5.10 Å². The number of hydrogen-bond acceptors (Lipinski definition) is 3. The lowest BCUT2D eigenvalue weighted by Crippen LogP contribution is -2.31. The van der Waals surface area contributed by atoms with E-state index in [4.69, 9.17) is 4.74 Å². The molecule has 16 heavy (non-hydrogen) atoms. The third-order valence-electron chi connectivity index (χ3n) is 3.19. The highest BCUT2D eigenvalue weighted by molar-refractivity contribution is 5.06. The molecule has 4 heteroatoms. The second-order valence-corrected chi connectivity index (χ2v) is 4.51. The lowest BCUT2D eigenvalue weighted by molar-refractivity contribution is -0.0237. The lowest BCUT2D eigenvalue weighted by atomic mass is 10.0. The average Bonchev–Trinajstić information content (AvgIpc) is 2.99. The number of aliphatic hydroxyl groups excluding tert-OH is 1. The molecule has 0 aliphatic heterocycles. The molecule has 1 aliphatic carbocycles. The maximum Gasteiger partial charge on any atom is 0.0861 e. The van der Waals surface area contributed by atoms with Crippen LogP contribution in [0.1, 0.15) is 25.3 Å². The summed E-state index contributed by atoms with van der Waals surface area (Å²) in [5.41, 5.74) is 1.08. The van der Waals surface area contributed by atoms with Gasteiger partial charge in [0, 0.05) is 26.3 Å². The van der Waals surface area contributed by atoms with Gasteiger partial charge < -0.3 is 9.84 Å². The monoisotopic (exact) mass is 224 g/mol. The maximum atomic E-state index is 10.1. The van der Waals surface area contributed by atoms with Crippen molar-refractivity contribution in [2.75, 3.05) is 7.11 Å². The molecule has 90 valence electrons. The molecule has 1 aliphatic rings. The van der Waals surface area contributed by atoms with Crippen LogP contribution in [-0.2, 0) is 17.7 Å². The van der Waals surface area contributed by atoms with Gasteiger partial charge in [-0.1, -0.05) is 0 Å². The molecule has 2 atom stereocenters. The molecule has 0 bridgehead atoms. The fraction of sp³-hybridized carbons (Fsp3) is 0.750. The van der Waals surface area contributed by atoms with E-state index in [1.54, 1.807) is 7.11 Å². The van der Waals surface area contributed by atoms with E-state index in [1.807, 2.05) is 17.1 Å². The van der Waals surface area contributed by atoms with Crippen molar-refractivity contribution in [3.63, 3.8) is 0 Å². The minimum absolute atomic E-state index is 0.00928. The van der Waals surface area contributed by atoms with Crippen LogP contribution >= 0.6 is 0 Å². The zero-order chi connectivity index (χ0) is 11.5. The van der Waals surface area contributed by atoms with Gasteiger partial charge in [-0.05, 0) is 31.2 Å². The summed E-state index contributed by atoms with van der Waals surface area (Å²) in [6.45, 7) is 2.92. The highest BCUT2D eigenvalue weighted by Gasteiger charge is 2.36. The fourth-order valence-corrected chi connectivity index (χ4v) is 2.13. The molecule has 0 spiro atoms. The Hall–Kier alpha value is -0.870. The third kappa shape index (κ3) is 2.62. The Morgan fingerprint density at radius 3 is 2.88 bits per heavy atom. The second kappa shape index (κ2) is 4.97. The molecule has 0 saturated heterocycles. The number of aliphatic hydroxyl groups is 1. The molecule has 1 saturated carbocycles. The van der Waals surface area contributed by atoms with Crippen molar-refractivity contribution >= 4 is 0 Å². The van der Waals surface area contributed by atoms with Crippen molar-refractivity contribution in [1.82, 2.24) is 9.78 Å². The third-order valence-corrected chi connectivity index (χ3v) is 3.19. The van der Waals surface area contributed by atoms with Gasteiger partial charge in [0.2, 0.25) is 0 Å². The summed E-state index contributed by atoms with van der Waals surface area (Å²) in [5.74, 6) is 0.557. The van der Waals surface area contributed by atoms with E-state index in [0.717, 1.165) is 12.1 Å². The Labute approximate surface area is 96.2 Å². The van der Waals surface area contributed by atoms with Crippen LogP contribution in [0.5, 0.6) is 0 Å². The first kappa shape index (κ1) is 11.6. The smallest absolute Gasteiger partial charge is 0.0861 e. The normalized spacial score (nSPS) is 19.7. The van der Waals surface area contributed by atoms with Gasteiger partial charge in [0.15, 0.2) is 0 Å². The van der Waals surface area contributed by atoms with Crippen LogP contribution in [0.2, 0.25) is 0 Å². The van der Waals surface area contributed by atoms with Gasteiger partial charge in [-0.15, -0.1) is 0 Å². The van der Waals surface area contributed by atoms with Gasteiger partial charge in [0.05, 0.1) is 18.4 Å². The quantitative estimate of drug-likeness (QED) is 0.790. The minimum atomic E-state index is -0.410. The number of ether oxygens (including phenoxy) is 1. The van der Waals surface area contributed by atoms with Gasteiger partial charge in [-0.3, -0.25) is 4.68 Å². The van der Waals surface area contributed by atoms with Crippen molar-refractivity contribution in [3.05, 3.63) is 18.0 Å². The van der Waals surface area contributed by atoms with Crippen LogP contribution in [0.25, 0.3) is 0 Å². The molecule has 4 nitrogen and oxygen atoms in total. The summed E-state index contributed by atoms with van der Waals surface area (Å²) < 4.78 is 7.24. The van der Waals surface area contributed by atoms with Gasteiger partial charge in [0.1, 0.15) is 0 Å². The van der Waals surface area contributed by atoms with Crippen molar-refractivity contribution < 1.29 is 9.84 Å². The standard InChI is InChI=1S/C12H20N2O2/c1-3-14-8-9(7-13-14)6-11(15)12(16-2)10-4-5-10/h7-8,10-12,15H,3-6H2,1-2H3. The molecule has 0 amide bonds. The predicted octanol–water partition coefficient (Wildman–Crippen LogP) is 1.23. The molecule has 0 aromatic carbocycles. The van der Waals surface area contributed by atoms with Gasteiger partial charge in [-0.25, -0.2) is 0 Å². The number of aromatic nitrogens is 2. The van der Waals surface area contributed by atoms with Crippen LogP contribution in [-0.4, -0.2) is 34.2 Å². The molecular weight excluding hydrogens is 204 g/mol. The van der Waals surface area contributed by atoms with E-state index in [0.29, 0.717) is 12.3 Å². The average molecular weight is 224 g/mol. The Morgan fingerprint density at radius 1 is 1.62 bits per heavy atom. The summed E-state index contributed by atoms with van der Waals surface area (Å²) in [6.07, 6.45) is 6.40. The number of aryl methyl sites for hydroxylation is 1.